The van der Waals surface area contributed by atoms with E-state index in [9.17, 15) is 4.79 Å². The fraction of sp³-hybridized carbons (Fsp3) is 0.158. The first-order valence-electron chi connectivity index (χ1n) is 7.67. The normalized spacial score (nSPS) is 17.2. The van der Waals surface area contributed by atoms with Crippen LogP contribution in [0.3, 0.4) is 0 Å². The van der Waals surface area contributed by atoms with E-state index in [1.54, 1.807) is 18.9 Å². The molecule has 0 atom stereocenters. The minimum atomic E-state index is -0.135. The monoisotopic (exact) mass is 370 g/mol. The van der Waals surface area contributed by atoms with E-state index in [0.29, 0.717) is 10.1 Å². The van der Waals surface area contributed by atoms with Crippen molar-refractivity contribution in [2.24, 2.45) is 4.99 Å². The van der Waals surface area contributed by atoms with Gasteiger partial charge in [0.15, 0.2) is 5.17 Å². The summed E-state index contributed by atoms with van der Waals surface area (Å²) >= 11 is 2.97. The second-order valence-corrected chi connectivity index (χ2v) is 7.31. The number of carbonyl (C=O) groups excluding carboxylic acids is 1. The van der Waals surface area contributed by atoms with Crippen molar-refractivity contribution in [3.63, 3.8) is 0 Å². The molecule has 1 heterocycles. The Hall–Kier alpha value is -2.18. The van der Waals surface area contributed by atoms with Gasteiger partial charge in [0.25, 0.3) is 5.91 Å². The summed E-state index contributed by atoms with van der Waals surface area (Å²) in [4.78, 5) is 18.4. The molecule has 0 aromatic heterocycles. The molecule has 0 unspecified atom stereocenters. The van der Waals surface area contributed by atoms with E-state index < -0.39 is 0 Å². The van der Waals surface area contributed by atoms with E-state index in [4.69, 9.17) is 4.74 Å². The lowest BCUT2D eigenvalue weighted by atomic mass is 10.2. The molecule has 4 nitrogen and oxygen atoms in total. The summed E-state index contributed by atoms with van der Waals surface area (Å²) in [7, 11) is 1.65. The van der Waals surface area contributed by atoms with Crippen LogP contribution in [0.5, 0.6) is 5.75 Å². The molecular formula is C19H18N2O2S2. The summed E-state index contributed by atoms with van der Waals surface area (Å²) < 4.78 is 5.40. The molecule has 0 saturated carbocycles. The fourth-order valence-electron chi connectivity index (χ4n) is 2.39. The quantitative estimate of drug-likeness (QED) is 0.630. The van der Waals surface area contributed by atoms with Crippen LogP contribution in [0.2, 0.25) is 0 Å². The first kappa shape index (κ1) is 17.6. The van der Waals surface area contributed by atoms with Crippen LogP contribution >= 0.6 is 23.5 Å². The van der Waals surface area contributed by atoms with Crippen LogP contribution in [-0.2, 0) is 4.79 Å². The highest BCUT2D eigenvalue weighted by atomic mass is 32.2. The number of amidine groups is 1. The number of nitrogens with zero attached hydrogens (tertiary/aromatic N) is 1. The Morgan fingerprint density at radius 3 is 2.80 bits per heavy atom. The highest BCUT2D eigenvalue weighted by Crippen LogP contribution is 2.32. The summed E-state index contributed by atoms with van der Waals surface area (Å²) in [5.74, 6) is 0.670. The number of rotatable bonds is 4. The fourth-order valence-corrected chi connectivity index (χ4v) is 3.78. The largest absolute Gasteiger partial charge is 0.496 e. The number of ether oxygens (including phenoxy) is 1. The van der Waals surface area contributed by atoms with Crippen molar-refractivity contribution in [1.29, 1.82) is 0 Å². The van der Waals surface area contributed by atoms with Crippen LogP contribution in [0.15, 0.2) is 57.3 Å². The number of benzene rings is 2. The van der Waals surface area contributed by atoms with Gasteiger partial charge in [-0.1, -0.05) is 18.2 Å². The average Bonchev–Trinajstić information content (AvgIpc) is 2.93. The lowest BCUT2D eigenvalue weighted by molar-refractivity contribution is -0.115. The number of thioether (sulfide) groups is 2. The molecule has 1 N–H and O–H groups in total. The maximum Gasteiger partial charge on any atom is 0.264 e. The summed E-state index contributed by atoms with van der Waals surface area (Å²) in [6.07, 6.45) is 3.86. The molecule has 1 fully saturated rings. The van der Waals surface area contributed by atoms with Gasteiger partial charge in [-0.05, 0) is 66.4 Å². The molecule has 6 heteroatoms. The van der Waals surface area contributed by atoms with Gasteiger partial charge in [0.1, 0.15) is 5.75 Å². The predicted molar refractivity (Wildman–Crippen MR) is 107 cm³/mol. The Balaban J connectivity index is 1.84. The first-order chi connectivity index (χ1) is 12.1. The number of aryl methyl sites for hydroxylation is 1. The topological polar surface area (TPSA) is 50.7 Å². The lowest BCUT2D eigenvalue weighted by Gasteiger charge is -2.06. The predicted octanol–water partition coefficient (Wildman–Crippen LogP) is 4.62. The molecule has 0 bridgehead atoms. The third kappa shape index (κ3) is 4.27. The van der Waals surface area contributed by atoms with Gasteiger partial charge in [0, 0.05) is 4.90 Å². The summed E-state index contributed by atoms with van der Waals surface area (Å²) in [6, 6.07) is 13.8. The minimum absolute atomic E-state index is 0.135. The number of aliphatic imine (C=N–C) groups is 1. The molecule has 1 saturated heterocycles. The van der Waals surface area contributed by atoms with Gasteiger partial charge in [-0.3, -0.25) is 4.79 Å². The zero-order chi connectivity index (χ0) is 17.8. The van der Waals surface area contributed by atoms with Crippen molar-refractivity contribution in [3.8, 4) is 5.75 Å². The Bertz CT molecular complexity index is 875. The van der Waals surface area contributed by atoms with Crippen LogP contribution in [0, 0.1) is 6.92 Å². The van der Waals surface area contributed by atoms with E-state index >= 15 is 0 Å². The van der Waals surface area contributed by atoms with E-state index in [-0.39, 0.29) is 5.91 Å². The van der Waals surface area contributed by atoms with Crippen molar-refractivity contribution in [3.05, 3.63) is 58.5 Å². The third-order valence-electron chi connectivity index (χ3n) is 3.59. The molecule has 0 aliphatic carbocycles. The van der Waals surface area contributed by atoms with Crippen molar-refractivity contribution in [1.82, 2.24) is 5.32 Å². The van der Waals surface area contributed by atoms with Gasteiger partial charge in [-0.25, -0.2) is 4.99 Å². The molecule has 128 valence electrons. The van der Waals surface area contributed by atoms with Crippen LogP contribution in [0.1, 0.15) is 11.1 Å². The number of carbonyl (C=O) groups is 1. The van der Waals surface area contributed by atoms with E-state index in [1.165, 1.54) is 11.8 Å². The van der Waals surface area contributed by atoms with E-state index in [1.807, 2.05) is 61.7 Å². The highest BCUT2D eigenvalue weighted by molar-refractivity contribution is 8.18. The van der Waals surface area contributed by atoms with Crippen molar-refractivity contribution in [2.45, 2.75) is 11.8 Å². The Kier molecular flexibility index (Phi) is 5.50. The number of amides is 1. The number of hydrogen-bond acceptors (Lipinski definition) is 5. The smallest absolute Gasteiger partial charge is 0.264 e. The van der Waals surface area contributed by atoms with Crippen molar-refractivity contribution >= 4 is 46.4 Å². The maximum absolute atomic E-state index is 12.2. The summed E-state index contributed by atoms with van der Waals surface area (Å²) in [5.41, 5.74) is 2.88. The van der Waals surface area contributed by atoms with Gasteiger partial charge in [0.05, 0.1) is 17.7 Å². The van der Waals surface area contributed by atoms with Gasteiger partial charge in [-0.2, -0.15) is 0 Å². The number of nitrogens with one attached hydrogen (secondary N) is 1. The van der Waals surface area contributed by atoms with Gasteiger partial charge >= 0.3 is 0 Å². The first-order valence-corrected chi connectivity index (χ1v) is 9.71. The second-order valence-electron chi connectivity index (χ2n) is 5.44. The summed E-state index contributed by atoms with van der Waals surface area (Å²) in [6.45, 7) is 2.01. The molecular weight excluding hydrogens is 352 g/mol. The van der Waals surface area contributed by atoms with E-state index in [0.717, 1.165) is 27.5 Å². The maximum atomic E-state index is 12.2. The Morgan fingerprint density at radius 1 is 1.24 bits per heavy atom. The molecule has 2 aromatic rings. The minimum Gasteiger partial charge on any atom is -0.496 e. The molecule has 1 aliphatic heterocycles. The second kappa shape index (κ2) is 7.80. The van der Waals surface area contributed by atoms with Gasteiger partial charge < -0.3 is 10.1 Å². The molecule has 25 heavy (non-hydrogen) atoms. The molecule has 3 rings (SSSR count). The third-order valence-corrected chi connectivity index (χ3v) is 5.28. The molecule has 1 amide bonds. The molecule has 0 radical (unpaired) electrons. The Labute approximate surface area is 155 Å². The highest BCUT2D eigenvalue weighted by Gasteiger charge is 2.23. The van der Waals surface area contributed by atoms with Crippen LogP contribution in [-0.4, -0.2) is 24.4 Å². The molecule has 1 aliphatic rings. The lowest BCUT2D eigenvalue weighted by Crippen LogP contribution is -2.19. The number of methoxy groups -OCH3 is 1. The van der Waals surface area contributed by atoms with Crippen LogP contribution in [0.25, 0.3) is 6.08 Å². The molecule has 0 spiro atoms. The van der Waals surface area contributed by atoms with Gasteiger partial charge in [-0.15, -0.1) is 11.8 Å². The Morgan fingerprint density at radius 2 is 2.08 bits per heavy atom. The molecule has 2 aromatic carbocycles. The van der Waals surface area contributed by atoms with Crippen LogP contribution in [0.4, 0.5) is 5.69 Å². The summed E-state index contributed by atoms with van der Waals surface area (Å²) in [5, 5.41) is 3.41. The number of hydrogen-bond donors (Lipinski definition) is 1. The SMILES string of the molecule is COc1cc(C=C2SC(=Nc3cccc(C)c3)NC2=O)ccc1SC. The van der Waals surface area contributed by atoms with Gasteiger partial charge in [0.2, 0.25) is 0 Å². The zero-order valence-corrected chi connectivity index (χ0v) is 15.8. The van der Waals surface area contributed by atoms with Crippen molar-refractivity contribution < 1.29 is 9.53 Å². The van der Waals surface area contributed by atoms with E-state index in [2.05, 4.69) is 10.3 Å². The van der Waals surface area contributed by atoms with Crippen LogP contribution < -0.4 is 10.1 Å². The van der Waals surface area contributed by atoms with Crippen molar-refractivity contribution in [2.75, 3.05) is 13.4 Å². The standard InChI is InChI=1S/C19H18N2O2S2/c1-12-5-4-6-14(9-12)20-19-21-18(22)17(25-19)11-13-7-8-16(24-3)15(10-13)23-2/h4-11H,1-3H3,(H,20,21,22). The zero-order valence-electron chi connectivity index (χ0n) is 14.2. The average molecular weight is 370 g/mol.